The SMILES string of the molecule is CC(C)c1nc2n(c1Cl)CC(C(=O)O)CN2. The lowest BCUT2D eigenvalue weighted by atomic mass is 10.1. The molecule has 0 aliphatic carbocycles. The summed E-state index contributed by atoms with van der Waals surface area (Å²) in [6.07, 6.45) is 0. The highest BCUT2D eigenvalue weighted by Gasteiger charge is 2.28. The molecule has 1 aromatic heterocycles. The van der Waals surface area contributed by atoms with Crippen LogP contribution >= 0.6 is 11.6 Å². The second-order valence-corrected chi connectivity index (χ2v) is 4.65. The van der Waals surface area contributed by atoms with Gasteiger partial charge in [-0.1, -0.05) is 25.4 Å². The first kappa shape index (κ1) is 11.3. The Morgan fingerprint density at radius 1 is 1.69 bits per heavy atom. The van der Waals surface area contributed by atoms with E-state index in [1.54, 1.807) is 4.57 Å². The number of nitrogens with zero attached hydrogens (tertiary/aromatic N) is 2. The smallest absolute Gasteiger partial charge is 0.310 e. The Morgan fingerprint density at radius 3 is 2.94 bits per heavy atom. The van der Waals surface area contributed by atoms with Crippen molar-refractivity contribution in [2.75, 3.05) is 11.9 Å². The maximum atomic E-state index is 10.9. The van der Waals surface area contributed by atoms with E-state index in [2.05, 4.69) is 10.3 Å². The topological polar surface area (TPSA) is 67.2 Å². The van der Waals surface area contributed by atoms with Gasteiger partial charge in [-0.2, -0.15) is 0 Å². The van der Waals surface area contributed by atoms with Gasteiger partial charge in [-0.15, -0.1) is 0 Å². The van der Waals surface area contributed by atoms with Crippen molar-refractivity contribution >= 4 is 23.5 Å². The summed E-state index contributed by atoms with van der Waals surface area (Å²) >= 11 is 6.17. The molecule has 0 fully saturated rings. The average Bonchev–Trinajstić information content (AvgIpc) is 2.56. The van der Waals surface area contributed by atoms with Gasteiger partial charge in [0.1, 0.15) is 5.15 Å². The summed E-state index contributed by atoms with van der Waals surface area (Å²) in [4.78, 5) is 15.3. The fourth-order valence-corrected chi connectivity index (χ4v) is 2.20. The van der Waals surface area contributed by atoms with Gasteiger partial charge >= 0.3 is 5.97 Å². The number of rotatable bonds is 2. The second kappa shape index (κ2) is 3.97. The molecule has 0 saturated carbocycles. The lowest BCUT2D eigenvalue weighted by molar-refractivity contribution is -0.141. The molecule has 1 aliphatic heterocycles. The van der Waals surface area contributed by atoms with Crippen molar-refractivity contribution in [2.45, 2.75) is 26.3 Å². The van der Waals surface area contributed by atoms with E-state index in [9.17, 15) is 4.79 Å². The van der Waals surface area contributed by atoms with Crippen LogP contribution in [0.2, 0.25) is 5.15 Å². The van der Waals surface area contributed by atoms with Gasteiger partial charge in [-0.25, -0.2) is 4.98 Å². The van der Waals surface area contributed by atoms with E-state index in [1.165, 1.54) is 0 Å². The Bertz CT molecular complexity index is 428. The van der Waals surface area contributed by atoms with Gasteiger partial charge in [0.15, 0.2) is 0 Å². The van der Waals surface area contributed by atoms with Gasteiger partial charge in [-0.3, -0.25) is 4.79 Å². The molecule has 0 bridgehead atoms. The molecule has 0 saturated heterocycles. The molecule has 0 spiro atoms. The van der Waals surface area contributed by atoms with E-state index < -0.39 is 11.9 Å². The highest BCUT2D eigenvalue weighted by molar-refractivity contribution is 6.30. The minimum absolute atomic E-state index is 0.232. The molecule has 1 aromatic rings. The molecule has 0 amide bonds. The van der Waals surface area contributed by atoms with Crippen LogP contribution in [0, 0.1) is 5.92 Å². The Morgan fingerprint density at radius 2 is 2.38 bits per heavy atom. The van der Waals surface area contributed by atoms with Crippen molar-refractivity contribution in [3.63, 3.8) is 0 Å². The van der Waals surface area contributed by atoms with Gasteiger partial charge in [-0.05, 0) is 5.92 Å². The van der Waals surface area contributed by atoms with Crippen LogP contribution in [0.3, 0.4) is 0 Å². The van der Waals surface area contributed by atoms with Crippen LogP contribution < -0.4 is 5.32 Å². The third kappa shape index (κ3) is 1.75. The predicted octanol–water partition coefficient (Wildman–Crippen LogP) is 1.79. The summed E-state index contributed by atoms with van der Waals surface area (Å²) in [5.74, 6) is -0.352. The summed E-state index contributed by atoms with van der Waals surface area (Å²) in [6.45, 7) is 4.81. The van der Waals surface area contributed by atoms with E-state index in [4.69, 9.17) is 16.7 Å². The zero-order chi connectivity index (χ0) is 11.9. The average molecular weight is 244 g/mol. The molecule has 1 unspecified atom stereocenters. The quantitative estimate of drug-likeness (QED) is 0.831. The predicted molar refractivity (Wildman–Crippen MR) is 60.9 cm³/mol. The number of aromatic nitrogens is 2. The van der Waals surface area contributed by atoms with Crippen LogP contribution in [-0.4, -0.2) is 27.2 Å². The van der Waals surface area contributed by atoms with Gasteiger partial charge in [0, 0.05) is 13.1 Å². The largest absolute Gasteiger partial charge is 0.481 e. The number of carboxylic acid groups (broad SMARTS) is 1. The van der Waals surface area contributed by atoms with Crippen LogP contribution in [-0.2, 0) is 11.3 Å². The molecule has 6 heteroatoms. The third-order valence-electron chi connectivity index (χ3n) is 2.74. The zero-order valence-corrected chi connectivity index (χ0v) is 9.95. The van der Waals surface area contributed by atoms with Crippen molar-refractivity contribution in [1.82, 2.24) is 9.55 Å². The fourth-order valence-electron chi connectivity index (χ4n) is 1.79. The minimum Gasteiger partial charge on any atom is -0.481 e. The Balaban J connectivity index is 2.34. The summed E-state index contributed by atoms with van der Waals surface area (Å²) in [6, 6.07) is 0. The van der Waals surface area contributed by atoms with Crippen molar-refractivity contribution in [3.05, 3.63) is 10.8 Å². The van der Waals surface area contributed by atoms with Crippen LogP contribution in [0.1, 0.15) is 25.5 Å². The lowest BCUT2D eigenvalue weighted by Gasteiger charge is -2.22. The number of halogens is 1. The number of nitrogens with one attached hydrogen (secondary N) is 1. The van der Waals surface area contributed by atoms with E-state index in [0.717, 1.165) is 5.69 Å². The van der Waals surface area contributed by atoms with Crippen molar-refractivity contribution < 1.29 is 9.90 Å². The molecule has 16 heavy (non-hydrogen) atoms. The maximum absolute atomic E-state index is 10.9. The van der Waals surface area contributed by atoms with Crippen molar-refractivity contribution in [3.8, 4) is 0 Å². The minimum atomic E-state index is -0.811. The molecule has 1 aliphatic rings. The Hall–Kier alpha value is -1.23. The second-order valence-electron chi connectivity index (χ2n) is 4.29. The molecule has 2 heterocycles. The van der Waals surface area contributed by atoms with Gasteiger partial charge in [0.2, 0.25) is 5.95 Å². The number of aliphatic carboxylic acids is 1. The number of anilines is 1. The molecule has 1 atom stereocenters. The number of hydrogen-bond donors (Lipinski definition) is 2. The highest BCUT2D eigenvalue weighted by atomic mass is 35.5. The van der Waals surface area contributed by atoms with E-state index in [1.807, 2.05) is 13.8 Å². The van der Waals surface area contributed by atoms with Crippen molar-refractivity contribution in [1.29, 1.82) is 0 Å². The molecule has 2 N–H and O–H groups in total. The van der Waals surface area contributed by atoms with Crippen LogP contribution in [0.5, 0.6) is 0 Å². The molecule has 2 rings (SSSR count). The number of hydrogen-bond acceptors (Lipinski definition) is 3. The van der Waals surface area contributed by atoms with E-state index >= 15 is 0 Å². The summed E-state index contributed by atoms with van der Waals surface area (Å²) in [5.41, 5.74) is 0.815. The first-order chi connectivity index (χ1) is 7.50. The van der Waals surface area contributed by atoms with E-state index in [-0.39, 0.29) is 5.92 Å². The molecular weight excluding hydrogens is 230 g/mol. The number of carbonyl (C=O) groups is 1. The molecule has 88 valence electrons. The van der Waals surface area contributed by atoms with Gasteiger partial charge in [0.25, 0.3) is 0 Å². The monoisotopic (exact) mass is 243 g/mol. The Labute approximate surface area is 98.4 Å². The lowest BCUT2D eigenvalue weighted by Crippen LogP contribution is -2.33. The summed E-state index contributed by atoms with van der Waals surface area (Å²) in [7, 11) is 0. The highest BCUT2D eigenvalue weighted by Crippen LogP contribution is 2.30. The number of fused-ring (bicyclic) bond motifs is 1. The van der Waals surface area contributed by atoms with E-state index in [0.29, 0.717) is 24.2 Å². The normalized spacial score (nSPS) is 19.4. The van der Waals surface area contributed by atoms with Crippen LogP contribution in [0.15, 0.2) is 0 Å². The number of imidazole rings is 1. The summed E-state index contributed by atoms with van der Waals surface area (Å²) < 4.78 is 1.74. The van der Waals surface area contributed by atoms with Crippen LogP contribution in [0.25, 0.3) is 0 Å². The van der Waals surface area contributed by atoms with Crippen molar-refractivity contribution in [2.24, 2.45) is 5.92 Å². The van der Waals surface area contributed by atoms with Crippen LogP contribution in [0.4, 0.5) is 5.95 Å². The molecule has 5 nitrogen and oxygen atoms in total. The van der Waals surface area contributed by atoms with Gasteiger partial charge in [0.05, 0.1) is 11.6 Å². The summed E-state index contributed by atoms with van der Waals surface area (Å²) in [5, 5.41) is 12.5. The zero-order valence-electron chi connectivity index (χ0n) is 9.20. The third-order valence-corrected chi connectivity index (χ3v) is 3.13. The first-order valence-electron chi connectivity index (χ1n) is 5.23. The molecular formula is C10H14ClN3O2. The standard InChI is InChI=1S/C10H14ClN3O2/c1-5(2)7-8(11)14-4-6(9(15)16)3-12-10(14)13-7/h5-6H,3-4H2,1-2H3,(H,12,13)(H,15,16). The van der Waals surface area contributed by atoms with Gasteiger partial charge < -0.3 is 15.0 Å². The Kier molecular flexibility index (Phi) is 2.80. The number of carboxylic acids is 1. The fraction of sp³-hybridized carbons (Fsp3) is 0.600. The maximum Gasteiger partial charge on any atom is 0.310 e. The molecule has 0 radical (unpaired) electrons. The first-order valence-corrected chi connectivity index (χ1v) is 5.61. The molecule has 0 aromatic carbocycles.